The molecular weight excluding hydrogens is 196 g/mol. The molecule has 0 aromatic heterocycles. The molecule has 1 unspecified atom stereocenters. The molecule has 0 heterocycles. The Morgan fingerprint density at radius 2 is 2.00 bits per heavy atom. The summed E-state index contributed by atoms with van der Waals surface area (Å²) < 4.78 is 0. The molecule has 0 radical (unpaired) electrons. The van der Waals surface area contributed by atoms with Crippen molar-refractivity contribution in [1.82, 2.24) is 5.32 Å². The summed E-state index contributed by atoms with van der Waals surface area (Å²) in [5.41, 5.74) is 4.66. The molecule has 0 aliphatic carbocycles. The van der Waals surface area contributed by atoms with Crippen molar-refractivity contribution in [2.45, 2.75) is 44.7 Å². The molecule has 15 heavy (non-hydrogen) atoms. The molecule has 5 nitrogen and oxygen atoms in total. The van der Waals surface area contributed by atoms with E-state index in [9.17, 15) is 4.79 Å². The molecule has 5 N–H and O–H groups in total. The third-order valence-electron chi connectivity index (χ3n) is 2.33. The highest BCUT2D eigenvalue weighted by Crippen LogP contribution is 2.03. The number of amides is 1. The Bertz CT molecular complexity index is 193. The van der Waals surface area contributed by atoms with Gasteiger partial charge in [0.05, 0.1) is 24.8 Å². The minimum Gasteiger partial charge on any atom is -0.394 e. The standard InChI is InChI=1S/C10H22N2O3/c1-3-4-5-8(11)9(15)12-10(2,6-13)7-14/h8,13-14H,3-7,11H2,1-2H3,(H,12,15). The Balaban J connectivity index is 4.10. The van der Waals surface area contributed by atoms with Crippen LogP contribution >= 0.6 is 0 Å². The summed E-state index contributed by atoms with van der Waals surface area (Å²) in [5, 5.41) is 20.5. The van der Waals surface area contributed by atoms with Gasteiger partial charge in [-0.3, -0.25) is 4.79 Å². The second-order valence-corrected chi connectivity index (χ2v) is 4.11. The first-order valence-corrected chi connectivity index (χ1v) is 5.28. The SMILES string of the molecule is CCCCC(N)C(=O)NC(C)(CO)CO. The van der Waals surface area contributed by atoms with E-state index < -0.39 is 11.6 Å². The topological polar surface area (TPSA) is 95.6 Å². The fraction of sp³-hybridized carbons (Fsp3) is 0.900. The van der Waals surface area contributed by atoms with E-state index in [-0.39, 0.29) is 19.1 Å². The first-order valence-electron chi connectivity index (χ1n) is 5.28. The Kier molecular flexibility index (Phi) is 6.47. The molecule has 0 saturated carbocycles. The van der Waals surface area contributed by atoms with E-state index in [0.29, 0.717) is 6.42 Å². The number of nitrogens with one attached hydrogen (secondary N) is 1. The number of carbonyl (C=O) groups excluding carboxylic acids is 1. The predicted molar refractivity (Wildman–Crippen MR) is 58.2 cm³/mol. The molecule has 1 amide bonds. The van der Waals surface area contributed by atoms with Gasteiger partial charge in [0.25, 0.3) is 0 Å². The van der Waals surface area contributed by atoms with Gasteiger partial charge in [-0.1, -0.05) is 19.8 Å². The van der Waals surface area contributed by atoms with Gasteiger partial charge < -0.3 is 21.3 Å². The normalized spacial score (nSPS) is 13.7. The first kappa shape index (κ1) is 14.3. The van der Waals surface area contributed by atoms with Gasteiger partial charge in [0.1, 0.15) is 0 Å². The Labute approximate surface area is 90.7 Å². The largest absolute Gasteiger partial charge is 0.394 e. The second kappa shape index (κ2) is 6.76. The van der Waals surface area contributed by atoms with Gasteiger partial charge in [-0.05, 0) is 13.3 Å². The van der Waals surface area contributed by atoms with Gasteiger partial charge in [0.2, 0.25) is 5.91 Å². The average molecular weight is 218 g/mol. The molecule has 90 valence electrons. The number of aliphatic hydroxyl groups excluding tert-OH is 2. The lowest BCUT2D eigenvalue weighted by Gasteiger charge is -2.27. The number of unbranched alkanes of at least 4 members (excludes halogenated alkanes) is 1. The minimum absolute atomic E-state index is 0.310. The van der Waals surface area contributed by atoms with Crippen LogP contribution in [0.4, 0.5) is 0 Å². The van der Waals surface area contributed by atoms with Crippen molar-refractivity contribution in [1.29, 1.82) is 0 Å². The number of carbonyl (C=O) groups is 1. The van der Waals surface area contributed by atoms with Crippen LogP contribution in [0.2, 0.25) is 0 Å². The van der Waals surface area contributed by atoms with Crippen molar-refractivity contribution in [2.24, 2.45) is 5.73 Å². The van der Waals surface area contributed by atoms with Crippen molar-refractivity contribution in [3.63, 3.8) is 0 Å². The maximum absolute atomic E-state index is 11.5. The first-order chi connectivity index (χ1) is 6.99. The molecule has 0 aliphatic heterocycles. The van der Waals surface area contributed by atoms with Crippen LogP contribution in [0.5, 0.6) is 0 Å². The van der Waals surface area contributed by atoms with E-state index in [1.54, 1.807) is 6.92 Å². The zero-order valence-electron chi connectivity index (χ0n) is 9.49. The third kappa shape index (κ3) is 5.11. The maximum atomic E-state index is 11.5. The van der Waals surface area contributed by atoms with Gasteiger partial charge >= 0.3 is 0 Å². The van der Waals surface area contributed by atoms with Crippen molar-refractivity contribution >= 4 is 5.91 Å². The Morgan fingerprint density at radius 1 is 1.47 bits per heavy atom. The molecule has 0 aromatic rings. The highest BCUT2D eigenvalue weighted by molar-refractivity contribution is 5.82. The number of hydrogen-bond donors (Lipinski definition) is 4. The molecule has 0 fully saturated rings. The van der Waals surface area contributed by atoms with Crippen molar-refractivity contribution in [3.05, 3.63) is 0 Å². The molecule has 0 bridgehead atoms. The molecule has 0 aliphatic rings. The van der Waals surface area contributed by atoms with Crippen molar-refractivity contribution in [3.8, 4) is 0 Å². The molecule has 5 heteroatoms. The highest BCUT2D eigenvalue weighted by atomic mass is 16.3. The fourth-order valence-electron chi connectivity index (χ4n) is 1.07. The van der Waals surface area contributed by atoms with Crippen molar-refractivity contribution < 1.29 is 15.0 Å². The Hall–Kier alpha value is -0.650. The quantitative estimate of drug-likeness (QED) is 0.457. The van der Waals surface area contributed by atoms with E-state index in [4.69, 9.17) is 15.9 Å². The molecule has 1 atom stereocenters. The lowest BCUT2D eigenvalue weighted by atomic mass is 10.0. The number of rotatable bonds is 7. The van der Waals surface area contributed by atoms with Gasteiger partial charge in [0, 0.05) is 0 Å². The van der Waals surface area contributed by atoms with Crippen LogP contribution in [0.1, 0.15) is 33.1 Å². The lowest BCUT2D eigenvalue weighted by molar-refractivity contribution is -0.125. The predicted octanol–water partition coefficient (Wildman–Crippen LogP) is -0.637. The number of hydrogen-bond acceptors (Lipinski definition) is 4. The molecule has 0 spiro atoms. The van der Waals surface area contributed by atoms with E-state index in [2.05, 4.69) is 5.32 Å². The monoisotopic (exact) mass is 218 g/mol. The molecular formula is C10H22N2O3. The van der Waals surface area contributed by atoms with Crippen LogP contribution in [0.3, 0.4) is 0 Å². The van der Waals surface area contributed by atoms with Gasteiger partial charge in [0.15, 0.2) is 0 Å². The van der Waals surface area contributed by atoms with E-state index in [1.165, 1.54) is 0 Å². The van der Waals surface area contributed by atoms with Crippen LogP contribution in [0.25, 0.3) is 0 Å². The zero-order chi connectivity index (χ0) is 11.9. The third-order valence-corrected chi connectivity index (χ3v) is 2.33. The summed E-state index contributed by atoms with van der Waals surface area (Å²) in [6.45, 7) is 2.97. The molecule has 0 saturated heterocycles. The number of aliphatic hydroxyl groups is 2. The van der Waals surface area contributed by atoms with Gasteiger partial charge in [-0.15, -0.1) is 0 Å². The van der Waals surface area contributed by atoms with Crippen LogP contribution in [-0.4, -0.2) is 40.9 Å². The minimum atomic E-state index is -0.985. The number of nitrogens with two attached hydrogens (primary N) is 1. The summed E-state index contributed by atoms with van der Waals surface area (Å²) in [6.07, 6.45) is 2.50. The van der Waals surface area contributed by atoms with Crippen molar-refractivity contribution in [2.75, 3.05) is 13.2 Å². The smallest absolute Gasteiger partial charge is 0.237 e. The molecule has 0 rings (SSSR count). The second-order valence-electron chi connectivity index (χ2n) is 4.11. The molecule has 0 aromatic carbocycles. The Morgan fingerprint density at radius 3 is 2.40 bits per heavy atom. The van der Waals surface area contributed by atoms with Crippen LogP contribution in [0, 0.1) is 0 Å². The maximum Gasteiger partial charge on any atom is 0.237 e. The summed E-state index contributed by atoms with van der Waals surface area (Å²) in [5.74, 6) is -0.325. The van der Waals surface area contributed by atoms with Crippen LogP contribution < -0.4 is 11.1 Å². The fourth-order valence-corrected chi connectivity index (χ4v) is 1.07. The summed E-state index contributed by atoms with van der Waals surface area (Å²) in [4.78, 5) is 11.5. The summed E-state index contributed by atoms with van der Waals surface area (Å²) in [6, 6.07) is -0.567. The summed E-state index contributed by atoms with van der Waals surface area (Å²) in [7, 11) is 0. The van der Waals surface area contributed by atoms with E-state index in [1.807, 2.05) is 6.92 Å². The van der Waals surface area contributed by atoms with Crippen LogP contribution in [0.15, 0.2) is 0 Å². The lowest BCUT2D eigenvalue weighted by Crippen LogP contribution is -2.56. The van der Waals surface area contributed by atoms with Crippen LogP contribution in [-0.2, 0) is 4.79 Å². The van der Waals surface area contributed by atoms with Gasteiger partial charge in [-0.2, -0.15) is 0 Å². The average Bonchev–Trinajstić information content (AvgIpc) is 2.25. The summed E-state index contributed by atoms with van der Waals surface area (Å²) >= 11 is 0. The van der Waals surface area contributed by atoms with E-state index in [0.717, 1.165) is 12.8 Å². The van der Waals surface area contributed by atoms with E-state index >= 15 is 0 Å². The van der Waals surface area contributed by atoms with Gasteiger partial charge in [-0.25, -0.2) is 0 Å². The zero-order valence-corrected chi connectivity index (χ0v) is 9.49. The highest BCUT2D eigenvalue weighted by Gasteiger charge is 2.26.